The predicted octanol–water partition coefficient (Wildman–Crippen LogP) is 3.31. The summed E-state index contributed by atoms with van der Waals surface area (Å²) in [6.07, 6.45) is 0. The number of hydrogen-bond acceptors (Lipinski definition) is 3. The van der Waals surface area contributed by atoms with Gasteiger partial charge in [0.1, 0.15) is 5.82 Å². The molecule has 1 aromatic rings. The second-order valence-corrected chi connectivity index (χ2v) is 7.20. The summed E-state index contributed by atoms with van der Waals surface area (Å²) in [7, 11) is 0. The average molecular weight is 296 g/mol. The predicted molar refractivity (Wildman–Crippen MR) is 87.2 cm³/mol. The summed E-state index contributed by atoms with van der Waals surface area (Å²) in [6.45, 7) is 13.7. The number of anilines is 1. The number of aliphatic hydroxyl groups is 1. The van der Waals surface area contributed by atoms with Gasteiger partial charge in [0, 0.05) is 30.9 Å². The van der Waals surface area contributed by atoms with Crippen molar-refractivity contribution in [1.82, 2.24) is 5.32 Å². The molecule has 4 heteroatoms. The minimum Gasteiger partial charge on any atom is -0.389 e. The van der Waals surface area contributed by atoms with Gasteiger partial charge in [0.05, 0.1) is 5.60 Å². The molecule has 120 valence electrons. The fourth-order valence-electron chi connectivity index (χ4n) is 2.20. The molecule has 0 saturated heterocycles. The fourth-order valence-corrected chi connectivity index (χ4v) is 2.20. The Morgan fingerprint density at radius 2 is 1.81 bits per heavy atom. The van der Waals surface area contributed by atoms with Crippen LogP contribution in [0.4, 0.5) is 10.1 Å². The highest BCUT2D eigenvalue weighted by molar-refractivity contribution is 5.54. The molecular formula is C17H29FN2O. The highest BCUT2D eigenvalue weighted by Gasteiger charge is 2.20. The molecule has 2 N–H and O–H groups in total. The zero-order valence-corrected chi connectivity index (χ0v) is 14.1. The van der Waals surface area contributed by atoms with Gasteiger partial charge in [-0.1, -0.05) is 0 Å². The Morgan fingerprint density at radius 3 is 2.29 bits per heavy atom. The Hall–Kier alpha value is -1.13. The molecule has 3 nitrogen and oxygen atoms in total. The normalized spacial score (nSPS) is 12.6. The lowest BCUT2D eigenvalue weighted by Gasteiger charge is -2.32. The zero-order chi connectivity index (χ0) is 16.3. The molecule has 0 unspecified atom stereocenters. The maximum atomic E-state index is 13.6. The van der Waals surface area contributed by atoms with Crippen molar-refractivity contribution < 1.29 is 9.50 Å². The van der Waals surface area contributed by atoms with Gasteiger partial charge >= 0.3 is 0 Å². The second kappa shape index (κ2) is 6.75. The van der Waals surface area contributed by atoms with Gasteiger partial charge in [-0.25, -0.2) is 4.39 Å². The van der Waals surface area contributed by atoms with E-state index in [0.29, 0.717) is 13.1 Å². The molecular weight excluding hydrogens is 267 g/mol. The maximum absolute atomic E-state index is 13.6. The largest absolute Gasteiger partial charge is 0.389 e. The Morgan fingerprint density at radius 1 is 1.19 bits per heavy atom. The first-order chi connectivity index (χ1) is 9.52. The molecule has 0 saturated carbocycles. The molecule has 0 radical (unpaired) electrons. The van der Waals surface area contributed by atoms with Crippen molar-refractivity contribution in [2.24, 2.45) is 0 Å². The lowest BCUT2D eigenvalue weighted by atomic mass is 10.0. The van der Waals surface area contributed by atoms with E-state index in [-0.39, 0.29) is 11.4 Å². The van der Waals surface area contributed by atoms with Crippen molar-refractivity contribution in [2.45, 2.75) is 59.2 Å². The first-order valence-corrected chi connectivity index (χ1v) is 7.52. The third kappa shape index (κ3) is 6.44. The van der Waals surface area contributed by atoms with E-state index in [1.807, 2.05) is 6.92 Å². The van der Waals surface area contributed by atoms with Gasteiger partial charge in [0.15, 0.2) is 0 Å². The van der Waals surface area contributed by atoms with Crippen LogP contribution >= 0.6 is 0 Å². The van der Waals surface area contributed by atoms with E-state index in [0.717, 1.165) is 17.8 Å². The van der Waals surface area contributed by atoms with Crippen LogP contribution in [0.15, 0.2) is 18.2 Å². The molecule has 0 fully saturated rings. The number of likely N-dealkylation sites (N-methyl/N-ethyl adjacent to an activating group) is 1. The van der Waals surface area contributed by atoms with Crippen LogP contribution in [0.1, 0.15) is 47.1 Å². The average Bonchev–Trinajstić information content (AvgIpc) is 2.32. The Bertz CT molecular complexity index is 461. The molecule has 1 aromatic carbocycles. The Labute approximate surface area is 128 Å². The quantitative estimate of drug-likeness (QED) is 0.845. The molecule has 0 aliphatic rings. The number of nitrogens with one attached hydrogen (secondary N) is 1. The topological polar surface area (TPSA) is 35.5 Å². The van der Waals surface area contributed by atoms with E-state index in [9.17, 15) is 9.50 Å². The van der Waals surface area contributed by atoms with Crippen LogP contribution in [-0.4, -0.2) is 29.3 Å². The second-order valence-electron chi connectivity index (χ2n) is 7.20. The first-order valence-electron chi connectivity index (χ1n) is 7.52. The van der Waals surface area contributed by atoms with Gasteiger partial charge in [0.25, 0.3) is 0 Å². The summed E-state index contributed by atoms with van der Waals surface area (Å²) in [5.41, 5.74) is 1.06. The van der Waals surface area contributed by atoms with Crippen molar-refractivity contribution >= 4 is 5.69 Å². The Balaban J connectivity index is 3.04. The molecule has 0 aromatic heterocycles. The lowest BCUT2D eigenvalue weighted by molar-refractivity contribution is 0.0875. The minimum atomic E-state index is -0.793. The van der Waals surface area contributed by atoms with Crippen LogP contribution in [0.25, 0.3) is 0 Å². The molecule has 0 spiro atoms. The number of halogens is 1. The summed E-state index contributed by atoms with van der Waals surface area (Å²) in [5.74, 6) is -0.233. The summed E-state index contributed by atoms with van der Waals surface area (Å²) >= 11 is 0. The standard InChI is InChI=1S/C17H29FN2O/c1-7-20(12-17(5,6)21)15-9-8-14(18)10-13(15)11-19-16(2,3)4/h8-10,19,21H,7,11-12H2,1-6H3. The van der Waals surface area contributed by atoms with E-state index in [2.05, 4.69) is 31.0 Å². The van der Waals surface area contributed by atoms with E-state index >= 15 is 0 Å². The highest BCUT2D eigenvalue weighted by Crippen LogP contribution is 2.24. The van der Waals surface area contributed by atoms with Crippen LogP contribution < -0.4 is 10.2 Å². The third-order valence-electron chi connectivity index (χ3n) is 3.15. The van der Waals surface area contributed by atoms with Gasteiger partial charge in [-0.05, 0) is 65.3 Å². The molecule has 21 heavy (non-hydrogen) atoms. The van der Waals surface area contributed by atoms with E-state index < -0.39 is 5.60 Å². The van der Waals surface area contributed by atoms with Crippen molar-refractivity contribution in [2.75, 3.05) is 18.0 Å². The number of benzene rings is 1. The SMILES string of the molecule is CCN(CC(C)(C)O)c1ccc(F)cc1CNC(C)(C)C. The van der Waals surface area contributed by atoms with Crippen molar-refractivity contribution in [3.63, 3.8) is 0 Å². The highest BCUT2D eigenvalue weighted by atomic mass is 19.1. The summed E-state index contributed by atoms with van der Waals surface area (Å²) in [6, 6.07) is 4.84. The smallest absolute Gasteiger partial charge is 0.123 e. The van der Waals surface area contributed by atoms with Crippen LogP contribution in [0, 0.1) is 5.82 Å². The van der Waals surface area contributed by atoms with E-state index in [1.165, 1.54) is 6.07 Å². The summed E-state index contributed by atoms with van der Waals surface area (Å²) < 4.78 is 13.6. The van der Waals surface area contributed by atoms with Gasteiger partial charge in [-0.3, -0.25) is 0 Å². The van der Waals surface area contributed by atoms with Gasteiger partial charge in [-0.15, -0.1) is 0 Å². The molecule has 1 rings (SSSR count). The molecule has 0 amide bonds. The van der Waals surface area contributed by atoms with Crippen molar-refractivity contribution in [3.05, 3.63) is 29.6 Å². The van der Waals surface area contributed by atoms with E-state index in [4.69, 9.17) is 0 Å². The monoisotopic (exact) mass is 296 g/mol. The summed E-state index contributed by atoms with van der Waals surface area (Å²) in [5, 5.41) is 13.4. The fraction of sp³-hybridized carbons (Fsp3) is 0.647. The van der Waals surface area contributed by atoms with Gasteiger partial charge in [0.2, 0.25) is 0 Å². The van der Waals surface area contributed by atoms with Crippen molar-refractivity contribution in [3.8, 4) is 0 Å². The number of hydrogen-bond donors (Lipinski definition) is 2. The molecule has 0 bridgehead atoms. The number of rotatable bonds is 6. The van der Waals surface area contributed by atoms with Crippen LogP contribution in [0.3, 0.4) is 0 Å². The molecule has 0 aliphatic carbocycles. The van der Waals surface area contributed by atoms with Gasteiger partial charge < -0.3 is 15.3 Å². The van der Waals surface area contributed by atoms with Crippen LogP contribution in [0.2, 0.25) is 0 Å². The summed E-state index contributed by atoms with van der Waals surface area (Å²) in [4.78, 5) is 2.08. The van der Waals surface area contributed by atoms with Crippen molar-refractivity contribution in [1.29, 1.82) is 0 Å². The van der Waals surface area contributed by atoms with Crippen LogP contribution in [0.5, 0.6) is 0 Å². The van der Waals surface area contributed by atoms with Crippen LogP contribution in [-0.2, 0) is 6.54 Å². The van der Waals surface area contributed by atoms with E-state index in [1.54, 1.807) is 26.0 Å². The zero-order valence-electron chi connectivity index (χ0n) is 14.1. The number of nitrogens with zero attached hydrogens (tertiary/aromatic N) is 1. The maximum Gasteiger partial charge on any atom is 0.123 e. The minimum absolute atomic E-state index is 0.0309. The molecule has 0 aliphatic heterocycles. The Kier molecular flexibility index (Phi) is 5.76. The third-order valence-corrected chi connectivity index (χ3v) is 3.15. The first kappa shape index (κ1) is 17.9. The molecule has 0 heterocycles. The molecule has 0 atom stereocenters. The lowest BCUT2D eigenvalue weighted by Crippen LogP contribution is -2.40. The van der Waals surface area contributed by atoms with Gasteiger partial charge in [-0.2, -0.15) is 0 Å².